The SMILES string of the molecule is COCCN(CCC(=N)N)CCN(C)C. The van der Waals surface area contributed by atoms with Crippen LogP contribution in [-0.4, -0.2) is 69.6 Å². The summed E-state index contributed by atoms with van der Waals surface area (Å²) in [5.41, 5.74) is 5.34. The fraction of sp³-hybridized carbons (Fsp3) is 0.900. The fourth-order valence-electron chi connectivity index (χ4n) is 1.18. The molecule has 0 saturated carbocycles. The molecule has 0 radical (unpaired) electrons. The van der Waals surface area contributed by atoms with Crippen molar-refractivity contribution < 1.29 is 4.74 Å². The maximum atomic E-state index is 7.19. The molecule has 0 fully saturated rings. The van der Waals surface area contributed by atoms with Crippen molar-refractivity contribution in [3.63, 3.8) is 0 Å². The largest absolute Gasteiger partial charge is 0.388 e. The van der Waals surface area contributed by atoms with Gasteiger partial charge in [-0.2, -0.15) is 0 Å². The van der Waals surface area contributed by atoms with Crippen molar-refractivity contribution in [3.05, 3.63) is 0 Å². The summed E-state index contributed by atoms with van der Waals surface area (Å²) in [5.74, 6) is 0.252. The predicted octanol–water partition coefficient (Wildman–Crippen LogP) is -0.178. The standard InChI is InChI=1S/C10H24N4O/c1-13(2)6-7-14(8-9-15-3)5-4-10(11)12/h4-9H2,1-3H3,(H3,11,12). The van der Waals surface area contributed by atoms with E-state index < -0.39 is 0 Å². The first kappa shape index (κ1) is 14.3. The maximum Gasteiger partial charge on any atom is 0.0918 e. The number of nitrogens with two attached hydrogens (primary N) is 1. The Hall–Kier alpha value is -0.650. The van der Waals surface area contributed by atoms with Gasteiger partial charge in [-0.1, -0.05) is 0 Å². The summed E-state index contributed by atoms with van der Waals surface area (Å²) < 4.78 is 5.05. The van der Waals surface area contributed by atoms with Crippen molar-refractivity contribution in [2.75, 3.05) is 54.0 Å². The zero-order valence-electron chi connectivity index (χ0n) is 10.1. The normalized spacial score (nSPS) is 11.3. The molecule has 0 aromatic heterocycles. The van der Waals surface area contributed by atoms with Crippen LogP contribution in [0.25, 0.3) is 0 Å². The molecule has 3 N–H and O–H groups in total. The molecule has 5 nitrogen and oxygen atoms in total. The Morgan fingerprint density at radius 2 is 1.87 bits per heavy atom. The number of amidine groups is 1. The van der Waals surface area contributed by atoms with Gasteiger partial charge in [0.2, 0.25) is 0 Å². The van der Waals surface area contributed by atoms with Gasteiger partial charge in [0.15, 0.2) is 0 Å². The van der Waals surface area contributed by atoms with E-state index in [-0.39, 0.29) is 5.84 Å². The van der Waals surface area contributed by atoms with Crippen LogP contribution in [0.15, 0.2) is 0 Å². The molecule has 15 heavy (non-hydrogen) atoms. The van der Waals surface area contributed by atoms with Gasteiger partial charge in [-0.15, -0.1) is 0 Å². The van der Waals surface area contributed by atoms with Crippen LogP contribution in [0.4, 0.5) is 0 Å². The van der Waals surface area contributed by atoms with E-state index in [1.807, 2.05) is 0 Å². The summed E-state index contributed by atoms with van der Waals surface area (Å²) in [6, 6.07) is 0. The van der Waals surface area contributed by atoms with Gasteiger partial charge in [0, 0.05) is 39.7 Å². The van der Waals surface area contributed by atoms with Crippen LogP contribution < -0.4 is 5.73 Å². The smallest absolute Gasteiger partial charge is 0.0918 e. The first-order chi connectivity index (χ1) is 7.06. The molecule has 0 atom stereocenters. The third-order valence-electron chi connectivity index (χ3n) is 2.17. The predicted molar refractivity (Wildman–Crippen MR) is 63.4 cm³/mol. The Morgan fingerprint density at radius 1 is 1.20 bits per heavy atom. The van der Waals surface area contributed by atoms with Gasteiger partial charge in [0.1, 0.15) is 0 Å². The third-order valence-corrected chi connectivity index (χ3v) is 2.17. The lowest BCUT2D eigenvalue weighted by Gasteiger charge is -2.23. The van der Waals surface area contributed by atoms with Crippen LogP contribution in [0.5, 0.6) is 0 Å². The molecule has 0 bridgehead atoms. The van der Waals surface area contributed by atoms with Crippen LogP contribution in [0.3, 0.4) is 0 Å². The second-order valence-electron chi connectivity index (χ2n) is 3.91. The number of rotatable bonds is 9. The molecule has 0 rings (SSSR count). The number of hydrogen-bond acceptors (Lipinski definition) is 4. The van der Waals surface area contributed by atoms with Gasteiger partial charge in [-0.25, -0.2) is 0 Å². The Bertz CT molecular complexity index is 173. The molecule has 90 valence electrons. The molecule has 0 aliphatic carbocycles. The van der Waals surface area contributed by atoms with Crippen molar-refractivity contribution in [2.45, 2.75) is 6.42 Å². The molecule has 0 saturated heterocycles. The van der Waals surface area contributed by atoms with Crippen LogP contribution >= 0.6 is 0 Å². The minimum atomic E-state index is 0.252. The van der Waals surface area contributed by atoms with Crippen molar-refractivity contribution in [3.8, 4) is 0 Å². The Kier molecular flexibility index (Phi) is 8.27. The monoisotopic (exact) mass is 216 g/mol. The number of nitrogens with zero attached hydrogens (tertiary/aromatic N) is 2. The number of ether oxygens (including phenoxy) is 1. The zero-order chi connectivity index (χ0) is 11.7. The Labute approximate surface area is 92.7 Å². The molecule has 0 spiro atoms. The van der Waals surface area contributed by atoms with E-state index in [1.54, 1.807) is 7.11 Å². The lowest BCUT2D eigenvalue weighted by molar-refractivity contribution is 0.144. The first-order valence-electron chi connectivity index (χ1n) is 5.25. The van der Waals surface area contributed by atoms with Crippen molar-refractivity contribution in [2.24, 2.45) is 5.73 Å². The average molecular weight is 216 g/mol. The highest BCUT2D eigenvalue weighted by Gasteiger charge is 2.05. The van der Waals surface area contributed by atoms with Crippen LogP contribution in [0.1, 0.15) is 6.42 Å². The van der Waals surface area contributed by atoms with Crippen LogP contribution in [0.2, 0.25) is 0 Å². The highest BCUT2D eigenvalue weighted by molar-refractivity contribution is 5.76. The lowest BCUT2D eigenvalue weighted by Crippen LogP contribution is -2.36. The number of nitrogens with one attached hydrogen (secondary N) is 1. The molecule has 0 unspecified atom stereocenters. The van der Waals surface area contributed by atoms with Crippen molar-refractivity contribution >= 4 is 5.84 Å². The zero-order valence-corrected chi connectivity index (χ0v) is 10.1. The summed E-state index contributed by atoms with van der Waals surface area (Å²) in [6.45, 7) is 4.47. The highest BCUT2D eigenvalue weighted by Crippen LogP contribution is 1.92. The molecule has 0 aromatic carbocycles. The van der Waals surface area contributed by atoms with Gasteiger partial charge in [0.05, 0.1) is 12.4 Å². The maximum absolute atomic E-state index is 7.19. The quantitative estimate of drug-likeness (QED) is 0.414. The molecule has 0 aromatic rings. The van der Waals surface area contributed by atoms with E-state index in [0.717, 1.165) is 32.8 Å². The number of likely N-dealkylation sites (N-methyl/N-ethyl adjacent to an activating group) is 1. The van der Waals surface area contributed by atoms with Crippen molar-refractivity contribution in [1.82, 2.24) is 9.80 Å². The van der Waals surface area contributed by atoms with Crippen molar-refractivity contribution in [1.29, 1.82) is 5.41 Å². The Balaban J connectivity index is 3.77. The molecule has 0 heterocycles. The molecular formula is C10H24N4O. The molecular weight excluding hydrogens is 192 g/mol. The van der Waals surface area contributed by atoms with E-state index in [4.69, 9.17) is 15.9 Å². The minimum absolute atomic E-state index is 0.252. The number of methoxy groups -OCH3 is 1. The summed E-state index contributed by atoms with van der Waals surface area (Å²) >= 11 is 0. The van der Waals surface area contributed by atoms with E-state index in [2.05, 4.69) is 23.9 Å². The summed E-state index contributed by atoms with van der Waals surface area (Å²) in [4.78, 5) is 4.42. The first-order valence-corrected chi connectivity index (χ1v) is 5.25. The minimum Gasteiger partial charge on any atom is -0.388 e. The van der Waals surface area contributed by atoms with Gasteiger partial charge in [-0.05, 0) is 14.1 Å². The average Bonchev–Trinajstić information content (AvgIpc) is 2.16. The lowest BCUT2D eigenvalue weighted by atomic mass is 10.3. The van der Waals surface area contributed by atoms with E-state index >= 15 is 0 Å². The Morgan fingerprint density at radius 3 is 2.33 bits per heavy atom. The highest BCUT2D eigenvalue weighted by atomic mass is 16.5. The van der Waals surface area contributed by atoms with E-state index in [0.29, 0.717) is 6.42 Å². The summed E-state index contributed by atoms with van der Waals surface area (Å²) in [5, 5.41) is 7.19. The summed E-state index contributed by atoms with van der Waals surface area (Å²) in [7, 11) is 5.81. The van der Waals surface area contributed by atoms with E-state index in [9.17, 15) is 0 Å². The second-order valence-corrected chi connectivity index (χ2v) is 3.91. The molecule has 0 amide bonds. The molecule has 0 aliphatic heterocycles. The molecule has 5 heteroatoms. The van der Waals surface area contributed by atoms with Gasteiger partial charge in [-0.3, -0.25) is 10.3 Å². The summed E-state index contributed by atoms with van der Waals surface area (Å²) in [6.07, 6.45) is 0.636. The third kappa shape index (κ3) is 9.65. The fourth-order valence-corrected chi connectivity index (χ4v) is 1.18. The topological polar surface area (TPSA) is 65.6 Å². The molecule has 0 aliphatic rings. The van der Waals surface area contributed by atoms with E-state index in [1.165, 1.54) is 0 Å². The van der Waals surface area contributed by atoms with Gasteiger partial charge >= 0.3 is 0 Å². The van der Waals surface area contributed by atoms with Gasteiger partial charge < -0.3 is 15.4 Å². The van der Waals surface area contributed by atoms with Gasteiger partial charge in [0.25, 0.3) is 0 Å². The van der Waals surface area contributed by atoms with Crippen LogP contribution in [0, 0.1) is 5.41 Å². The number of hydrogen-bond donors (Lipinski definition) is 2. The second kappa shape index (κ2) is 8.64. The van der Waals surface area contributed by atoms with Crippen LogP contribution in [-0.2, 0) is 4.74 Å².